The second-order valence-electron chi connectivity index (χ2n) is 15.5. The van der Waals surface area contributed by atoms with Gasteiger partial charge in [-0.15, -0.1) is 0 Å². The average Bonchev–Trinajstić information content (AvgIpc) is 3.86. The summed E-state index contributed by atoms with van der Waals surface area (Å²) in [6, 6.07) is 70.4. The molecule has 2 heteroatoms. The Morgan fingerprint density at radius 2 is 0.741 bits per heavy atom. The van der Waals surface area contributed by atoms with Crippen molar-refractivity contribution >= 4 is 97.7 Å². The van der Waals surface area contributed by atoms with Crippen molar-refractivity contribution in [3.63, 3.8) is 0 Å². The summed E-state index contributed by atoms with van der Waals surface area (Å²) in [5, 5.41) is 16.6. The number of fused-ring (bicyclic) bond motifs is 13. The molecule has 0 atom stereocenters. The van der Waals surface area contributed by atoms with Crippen molar-refractivity contribution in [3.05, 3.63) is 194 Å². The zero-order valence-electron chi connectivity index (χ0n) is 31.3. The van der Waals surface area contributed by atoms with Crippen LogP contribution < -0.4 is 0 Å². The van der Waals surface area contributed by atoms with Crippen LogP contribution in [0.15, 0.2) is 203 Å². The van der Waals surface area contributed by atoms with E-state index in [1.54, 1.807) is 0 Å². The summed E-state index contributed by atoms with van der Waals surface area (Å²) in [7, 11) is 0. The molecule has 0 N–H and O–H groups in total. The van der Waals surface area contributed by atoms with Crippen LogP contribution in [-0.2, 0) is 0 Å². The lowest BCUT2D eigenvalue weighted by atomic mass is 9.83. The molecule has 268 valence electrons. The highest BCUT2D eigenvalue weighted by Gasteiger charge is 2.22. The van der Waals surface area contributed by atoms with Crippen molar-refractivity contribution in [2.45, 2.75) is 0 Å². The smallest absolute Gasteiger partial charge is 0.143 e. The number of furan rings is 2. The molecule has 11 aromatic carbocycles. The van der Waals surface area contributed by atoms with Crippen LogP contribution in [0.2, 0.25) is 0 Å². The quantitative estimate of drug-likeness (QED) is 0.169. The Hall–Kier alpha value is -7.68. The molecule has 58 heavy (non-hydrogen) atoms. The highest BCUT2D eigenvalue weighted by molar-refractivity contribution is 6.29. The molecule has 2 aromatic heterocycles. The molecule has 2 heterocycles. The molecular formula is C56H32O2. The second-order valence-corrected chi connectivity index (χ2v) is 15.5. The zero-order chi connectivity index (χ0) is 37.9. The molecule has 0 aliphatic rings. The van der Waals surface area contributed by atoms with Gasteiger partial charge in [0.1, 0.15) is 22.3 Å². The summed E-state index contributed by atoms with van der Waals surface area (Å²) < 4.78 is 13.1. The lowest BCUT2D eigenvalue weighted by Gasteiger charge is -2.20. The fourth-order valence-corrected chi connectivity index (χ4v) is 9.95. The Morgan fingerprint density at radius 1 is 0.259 bits per heavy atom. The molecule has 13 rings (SSSR count). The summed E-state index contributed by atoms with van der Waals surface area (Å²) >= 11 is 0. The van der Waals surface area contributed by atoms with Crippen LogP contribution in [0.3, 0.4) is 0 Å². The van der Waals surface area contributed by atoms with Crippen molar-refractivity contribution < 1.29 is 8.83 Å². The van der Waals surface area contributed by atoms with Crippen molar-refractivity contribution in [2.75, 3.05) is 0 Å². The molecule has 13 aromatic rings. The minimum absolute atomic E-state index is 0.862. The van der Waals surface area contributed by atoms with Crippen LogP contribution in [0, 0.1) is 0 Å². The third kappa shape index (κ3) is 4.37. The average molecular weight is 737 g/mol. The van der Waals surface area contributed by atoms with Crippen molar-refractivity contribution in [3.8, 4) is 33.4 Å². The van der Waals surface area contributed by atoms with Crippen LogP contribution in [0.25, 0.3) is 131 Å². The van der Waals surface area contributed by atoms with Crippen LogP contribution in [-0.4, -0.2) is 0 Å². The minimum Gasteiger partial charge on any atom is -0.456 e. The molecule has 0 amide bonds. The summed E-state index contributed by atoms with van der Waals surface area (Å²) in [5.74, 6) is 0. The van der Waals surface area contributed by atoms with E-state index >= 15 is 0 Å². The van der Waals surface area contributed by atoms with E-state index in [1.807, 2.05) is 12.1 Å². The fourth-order valence-electron chi connectivity index (χ4n) is 9.95. The Kier molecular flexibility index (Phi) is 6.47. The van der Waals surface area contributed by atoms with E-state index in [9.17, 15) is 0 Å². The van der Waals surface area contributed by atoms with Crippen molar-refractivity contribution in [2.24, 2.45) is 0 Å². The van der Waals surface area contributed by atoms with Gasteiger partial charge in [0.15, 0.2) is 0 Å². The molecular weight excluding hydrogens is 705 g/mol. The van der Waals surface area contributed by atoms with Gasteiger partial charge >= 0.3 is 0 Å². The fraction of sp³-hybridized carbons (Fsp3) is 0. The van der Waals surface area contributed by atoms with Gasteiger partial charge in [-0.2, -0.15) is 0 Å². The van der Waals surface area contributed by atoms with E-state index in [4.69, 9.17) is 8.83 Å². The number of hydrogen-bond donors (Lipinski definition) is 0. The van der Waals surface area contributed by atoms with E-state index in [2.05, 4.69) is 182 Å². The van der Waals surface area contributed by atoms with E-state index in [1.165, 1.54) is 76.3 Å². The molecule has 0 bridgehead atoms. The van der Waals surface area contributed by atoms with Crippen LogP contribution in [0.1, 0.15) is 0 Å². The maximum Gasteiger partial charge on any atom is 0.143 e. The van der Waals surface area contributed by atoms with Crippen LogP contribution >= 0.6 is 0 Å². The Labute approximate surface area is 332 Å². The van der Waals surface area contributed by atoms with Gasteiger partial charge in [-0.3, -0.25) is 0 Å². The first-order valence-corrected chi connectivity index (χ1v) is 19.9. The highest BCUT2D eigenvalue weighted by atomic mass is 16.3. The number of hydrogen-bond acceptors (Lipinski definition) is 2. The summed E-state index contributed by atoms with van der Waals surface area (Å²) in [4.78, 5) is 0. The van der Waals surface area contributed by atoms with Crippen LogP contribution in [0.5, 0.6) is 0 Å². The summed E-state index contributed by atoms with van der Waals surface area (Å²) in [6.45, 7) is 0. The third-order valence-electron chi connectivity index (χ3n) is 12.5. The predicted octanol–water partition coefficient (Wildman–Crippen LogP) is 16.3. The predicted molar refractivity (Wildman–Crippen MR) is 245 cm³/mol. The normalized spacial score (nSPS) is 12.1. The molecule has 0 unspecified atom stereocenters. The van der Waals surface area contributed by atoms with Gasteiger partial charge in [0.2, 0.25) is 0 Å². The Morgan fingerprint density at radius 3 is 1.43 bits per heavy atom. The maximum atomic E-state index is 6.59. The van der Waals surface area contributed by atoms with Crippen molar-refractivity contribution in [1.29, 1.82) is 0 Å². The number of benzene rings is 11. The molecule has 0 radical (unpaired) electrons. The third-order valence-corrected chi connectivity index (χ3v) is 12.5. The Bertz CT molecular complexity index is 3800. The largest absolute Gasteiger partial charge is 0.456 e. The van der Waals surface area contributed by atoms with Gasteiger partial charge in [0.25, 0.3) is 0 Å². The van der Waals surface area contributed by atoms with Gasteiger partial charge in [-0.05, 0) is 112 Å². The summed E-state index contributed by atoms with van der Waals surface area (Å²) in [6.07, 6.45) is 0. The van der Waals surface area contributed by atoms with E-state index in [-0.39, 0.29) is 0 Å². The first kappa shape index (κ1) is 31.5. The van der Waals surface area contributed by atoms with E-state index in [0.29, 0.717) is 0 Å². The first-order valence-electron chi connectivity index (χ1n) is 19.9. The zero-order valence-corrected chi connectivity index (χ0v) is 31.3. The Balaban J connectivity index is 1.05. The monoisotopic (exact) mass is 736 g/mol. The molecule has 0 spiro atoms. The highest BCUT2D eigenvalue weighted by Crippen LogP contribution is 2.48. The maximum absolute atomic E-state index is 6.59. The minimum atomic E-state index is 0.862. The topological polar surface area (TPSA) is 26.3 Å². The molecule has 0 aliphatic carbocycles. The molecule has 2 nitrogen and oxygen atoms in total. The SMILES string of the molecule is c1ccc2c(-c3c4ccccc4c(-c4ccc(-c5ccc6oc7ccc8oc9c%10ccccc%10ccc9c8c7c6c5)c5ccccc45)c4ccccc34)cccc2c1. The van der Waals surface area contributed by atoms with E-state index < -0.39 is 0 Å². The van der Waals surface area contributed by atoms with Gasteiger partial charge < -0.3 is 8.83 Å². The van der Waals surface area contributed by atoms with Crippen LogP contribution in [0.4, 0.5) is 0 Å². The van der Waals surface area contributed by atoms with E-state index in [0.717, 1.165) is 54.8 Å². The lowest BCUT2D eigenvalue weighted by Crippen LogP contribution is -1.93. The molecule has 0 saturated carbocycles. The number of rotatable bonds is 3. The first-order chi connectivity index (χ1) is 28.8. The van der Waals surface area contributed by atoms with Gasteiger partial charge in [-0.1, -0.05) is 164 Å². The molecule has 0 saturated heterocycles. The second kappa shape index (κ2) is 11.9. The summed E-state index contributed by atoms with van der Waals surface area (Å²) in [5.41, 5.74) is 10.9. The molecule has 0 aliphatic heterocycles. The standard InChI is InChI=1S/C56H32O2/c1-3-15-36-33(12-1)14-11-23-41(36)52-42-19-7-9-21-44(42)53(45-22-10-8-20-43(45)52)46-28-27-37(39-17-5-6-18-40(39)46)35-25-29-49-48(32-35)55-50(57-49)30-31-51-54(55)47-26-24-34-13-2-4-16-38(34)56(47)58-51/h1-32H. The van der Waals surface area contributed by atoms with Gasteiger partial charge in [0, 0.05) is 26.9 Å². The molecule has 0 fully saturated rings. The van der Waals surface area contributed by atoms with Gasteiger partial charge in [-0.25, -0.2) is 0 Å². The van der Waals surface area contributed by atoms with Gasteiger partial charge in [0.05, 0.1) is 0 Å². The van der Waals surface area contributed by atoms with Crippen molar-refractivity contribution in [1.82, 2.24) is 0 Å². The lowest BCUT2D eigenvalue weighted by molar-refractivity contribution is 0.664.